The highest BCUT2D eigenvalue weighted by atomic mass is 16.1. The highest BCUT2D eigenvalue weighted by molar-refractivity contribution is 6.13. The van der Waals surface area contributed by atoms with Gasteiger partial charge in [-0.1, -0.05) is 35.9 Å². The normalized spacial score (nSPS) is 13.6. The third kappa shape index (κ3) is 3.26. The number of aromatic nitrogens is 3. The van der Waals surface area contributed by atoms with Crippen LogP contribution in [-0.2, 0) is 0 Å². The molecule has 0 spiro atoms. The monoisotopic (exact) mass is 396 g/mol. The number of nitrogens with one attached hydrogen (secondary N) is 1. The van der Waals surface area contributed by atoms with E-state index in [0.29, 0.717) is 11.5 Å². The number of carbonyl (C=O) groups excluding carboxylic acids is 1. The third-order valence-electron chi connectivity index (χ3n) is 5.74. The van der Waals surface area contributed by atoms with E-state index in [9.17, 15) is 4.79 Å². The Morgan fingerprint density at radius 1 is 1.03 bits per heavy atom. The number of anilines is 1. The first-order valence-corrected chi connectivity index (χ1v) is 10.4. The molecule has 0 saturated heterocycles. The molecule has 4 aromatic rings. The molecule has 1 aliphatic carbocycles. The van der Waals surface area contributed by atoms with Crippen LogP contribution >= 0.6 is 0 Å². The van der Waals surface area contributed by atoms with Gasteiger partial charge in [0.25, 0.3) is 5.91 Å². The first-order valence-electron chi connectivity index (χ1n) is 10.4. The van der Waals surface area contributed by atoms with Crippen molar-refractivity contribution in [2.75, 3.05) is 5.32 Å². The molecule has 2 heterocycles. The zero-order valence-corrected chi connectivity index (χ0v) is 17.4. The summed E-state index contributed by atoms with van der Waals surface area (Å²) in [4.78, 5) is 18.3. The van der Waals surface area contributed by atoms with Gasteiger partial charge >= 0.3 is 0 Å². The molecule has 0 unspecified atom stereocenters. The van der Waals surface area contributed by atoms with E-state index in [0.717, 1.165) is 52.2 Å². The number of pyridine rings is 1. The van der Waals surface area contributed by atoms with Crippen LogP contribution in [0.5, 0.6) is 0 Å². The highest BCUT2D eigenvalue weighted by Gasteiger charge is 2.29. The fourth-order valence-corrected chi connectivity index (χ4v) is 3.84. The summed E-state index contributed by atoms with van der Waals surface area (Å²) in [5.74, 6) is 0.311. The summed E-state index contributed by atoms with van der Waals surface area (Å²) < 4.78 is 1.86. The van der Waals surface area contributed by atoms with Gasteiger partial charge in [0.15, 0.2) is 5.65 Å². The average molecular weight is 396 g/mol. The number of rotatable bonds is 4. The lowest BCUT2D eigenvalue weighted by Gasteiger charge is -2.11. The van der Waals surface area contributed by atoms with E-state index in [1.807, 2.05) is 61.0 Å². The van der Waals surface area contributed by atoms with E-state index in [1.54, 1.807) is 0 Å². The quantitative estimate of drug-likeness (QED) is 0.497. The van der Waals surface area contributed by atoms with Gasteiger partial charge in [0.2, 0.25) is 0 Å². The molecule has 1 aliphatic rings. The predicted molar refractivity (Wildman–Crippen MR) is 119 cm³/mol. The zero-order chi connectivity index (χ0) is 20.8. The van der Waals surface area contributed by atoms with E-state index >= 15 is 0 Å². The van der Waals surface area contributed by atoms with Gasteiger partial charge in [-0.25, -0.2) is 9.67 Å². The summed E-state index contributed by atoms with van der Waals surface area (Å²) in [6, 6.07) is 18.0. The Kier molecular flexibility index (Phi) is 4.39. The number of aryl methyl sites for hydroxylation is 3. The second kappa shape index (κ2) is 7.10. The molecule has 2 aromatic heterocycles. The van der Waals surface area contributed by atoms with Gasteiger partial charge in [-0.15, -0.1) is 0 Å². The zero-order valence-electron chi connectivity index (χ0n) is 17.4. The number of benzene rings is 2. The number of para-hydroxylation sites is 1. The Morgan fingerprint density at radius 2 is 1.77 bits per heavy atom. The number of amides is 1. The van der Waals surface area contributed by atoms with Crippen molar-refractivity contribution in [2.24, 2.45) is 0 Å². The predicted octanol–water partition coefficient (Wildman–Crippen LogP) is 5.48. The number of carbonyl (C=O) groups is 1. The fraction of sp³-hybridized carbons (Fsp3) is 0.240. The van der Waals surface area contributed by atoms with Crippen molar-refractivity contribution < 1.29 is 4.79 Å². The van der Waals surface area contributed by atoms with Crippen LogP contribution in [0.15, 0.2) is 54.6 Å². The van der Waals surface area contributed by atoms with Gasteiger partial charge in [0.1, 0.15) is 0 Å². The van der Waals surface area contributed by atoms with Gasteiger partial charge in [-0.2, -0.15) is 5.10 Å². The van der Waals surface area contributed by atoms with Crippen molar-refractivity contribution in [3.8, 4) is 5.69 Å². The summed E-state index contributed by atoms with van der Waals surface area (Å²) >= 11 is 0. The summed E-state index contributed by atoms with van der Waals surface area (Å²) in [7, 11) is 0. The Morgan fingerprint density at radius 3 is 2.47 bits per heavy atom. The molecule has 0 atom stereocenters. The van der Waals surface area contributed by atoms with Crippen LogP contribution < -0.4 is 5.32 Å². The van der Waals surface area contributed by atoms with Crippen molar-refractivity contribution in [1.29, 1.82) is 0 Å². The van der Waals surface area contributed by atoms with Crippen LogP contribution in [0.2, 0.25) is 0 Å². The number of nitrogens with zero attached hydrogens (tertiary/aromatic N) is 3. The minimum atomic E-state index is -0.120. The summed E-state index contributed by atoms with van der Waals surface area (Å²) in [6.45, 7) is 6.00. The smallest absolute Gasteiger partial charge is 0.256 e. The topological polar surface area (TPSA) is 59.8 Å². The van der Waals surface area contributed by atoms with Crippen LogP contribution in [0.25, 0.3) is 16.7 Å². The molecule has 5 heteroatoms. The van der Waals surface area contributed by atoms with Crippen molar-refractivity contribution in [3.63, 3.8) is 0 Å². The first kappa shape index (κ1) is 18.6. The van der Waals surface area contributed by atoms with E-state index in [2.05, 4.69) is 24.4 Å². The van der Waals surface area contributed by atoms with E-state index in [1.165, 1.54) is 5.56 Å². The average Bonchev–Trinajstić information content (AvgIpc) is 3.54. The lowest BCUT2D eigenvalue weighted by Crippen LogP contribution is -2.14. The van der Waals surface area contributed by atoms with Crippen LogP contribution in [-0.4, -0.2) is 20.7 Å². The van der Waals surface area contributed by atoms with E-state index in [-0.39, 0.29) is 5.91 Å². The van der Waals surface area contributed by atoms with Crippen LogP contribution in [0, 0.1) is 20.8 Å². The van der Waals surface area contributed by atoms with E-state index in [4.69, 9.17) is 10.1 Å². The molecule has 30 heavy (non-hydrogen) atoms. The lowest BCUT2D eigenvalue weighted by atomic mass is 10.1. The van der Waals surface area contributed by atoms with Gasteiger partial charge in [0.05, 0.1) is 22.3 Å². The van der Waals surface area contributed by atoms with Crippen LogP contribution in [0.4, 0.5) is 5.69 Å². The Balaban J connectivity index is 1.67. The molecular formula is C25H24N4O. The largest absolute Gasteiger partial charge is 0.322 e. The molecule has 0 bridgehead atoms. The Labute approximate surface area is 175 Å². The molecule has 5 nitrogen and oxygen atoms in total. The van der Waals surface area contributed by atoms with Gasteiger partial charge < -0.3 is 5.32 Å². The third-order valence-corrected chi connectivity index (χ3v) is 5.74. The SMILES string of the molecule is Cc1ccc(-n2nc(C)c3c(C(=O)Nc4ccccc4C)cc(C4CC4)nc32)cc1. The van der Waals surface area contributed by atoms with Gasteiger partial charge in [0, 0.05) is 17.3 Å². The molecule has 5 rings (SSSR count). The second-order valence-electron chi connectivity index (χ2n) is 8.17. The standard InChI is InChI=1S/C25H24N4O/c1-15-8-12-19(13-9-15)29-24-23(17(3)28-29)20(14-22(26-24)18-10-11-18)25(30)27-21-7-5-4-6-16(21)2/h4-9,12-14,18H,10-11H2,1-3H3,(H,27,30). The second-order valence-corrected chi connectivity index (χ2v) is 8.17. The summed E-state index contributed by atoms with van der Waals surface area (Å²) in [5, 5.41) is 8.65. The lowest BCUT2D eigenvalue weighted by molar-refractivity contribution is 0.102. The minimum Gasteiger partial charge on any atom is -0.322 e. The number of fused-ring (bicyclic) bond motifs is 1. The van der Waals surface area contributed by atoms with Crippen molar-refractivity contribution in [1.82, 2.24) is 14.8 Å². The van der Waals surface area contributed by atoms with Crippen molar-refractivity contribution >= 4 is 22.6 Å². The maximum absolute atomic E-state index is 13.3. The maximum Gasteiger partial charge on any atom is 0.256 e. The molecule has 2 aromatic carbocycles. The number of hydrogen-bond donors (Lipinski definition) is 1. The molecule has 1 saturated carbocycles. The molecule has 1 amide bonds. The summed E-state index contributed by atoms with van der Waals surface area (Å²) in [6.07, 6.45) is 2.24. The molecule has 1 N–H and O–H groups in total. The summed E-state index contributed by atoms with van der Waals surface area (Å²) in [5.41, 5.74) is 7.16. The molecule has 0 aliphatic heterocycles. The first-order chi connectivity index (χ1) is 14.5. The maximum atomic E-state index is 13.3. The highest BCUT2D eigenvalue weighted by Crippen LogP contribution is 2.41. The molecule has 150 valence electrons. The molecule has 1 fully saturated rings. The Hall–Kier alpha value is -3.47. The van der Waals surface area contributed by atoms with E-state index < -0.39 is 0 Å². The number of hydrogen-bond acceptors (Lipinski definition) is 3. The van der Waals surface area contributed by atoms with Crippen LogP contribution in [0.3, 0.4) is 0 Å². The van der Waals surface area contributed by atoms with Crippen LogP contribution in [0.1, 0.15) is 51.6 Å². The minimum absolute atomic E-state index is 0.120. The van der Waals surface area contributed by atoms with Crippen molar-refractivity contribution in [2.45, 2.75) is 39.5 Å². The van der Waals surface area contributed by atoms with Crippen molar-refractivity contribution in [3.05, 3.63) is 82.7 Å². The molecular weight excluding hydrogens is 372 g/mol. The van der Waals surface area contributed by atoms with Gasteiger partial charge in [-0.05, 0) is 63.4 Å². The molecule has 0 radical (unpaired) electrons. The Bertz CT molecular complexity index is 1270. The van der Waals surface area contributed by atoms with Gasteiger partial charge in [-0.3, -0.25) is 4.79 Å². The fourth-order valence-electron chi connectivity index (χ4n) is 3.84.